The number of methoxy groups -OCH3 is 2. The Hall–Kier alpha value is -2.99. The molecule has 0 aromatic heterocycles. The van der Waals surface area contributed by atoms with Crippen molar-refractivity contribution in [3.63, 3.8) is 0 Å². The topological polar surface area (TPSA) is 27.7 Å². The largest absolute Gasteiger partial charge is 0.497 e. The van der Waals surface area contributed by atoms with Crippen molar-refractivity contribution in [3.8, 4) is 5.75 Å². The Morgan fingerprint density at radius 2 is 1.67 bits per heavy atom. The van der Waals surface area contributed by atoms with Crippen LogP contribution in [0.3, 0.4) is 0 Å². The number of benzene rings is 1. The van der Waals surface area contributed by atoms with Crippen LogP contribution in [-0.2, 0) is 9.47 Å². The minimum atomic E-state index is -1.01. The number of rotatable bonds is 11. The molecule has 33 heavy (non-hydrogen) atoms. The fourth-order valence-corrected chi connectivity index (χ4v) is 3.56. The van der Waals surface area contributed by atoms with E-state index >= 15 is 0 Å². The van der Waals surface area contributed by atoms with Gasteiger partial charge in [0.05, 0.1) is 13.2 Å². The van der Waals surface area contributed by atoms with Crippen LogP contribution in [0.4, 0.5) is 13.2 Å². The minimum Gasteiger partial charge on any atom is -0.497 e. The van der Waals surface area contributed by atoms with E-state index in [1.165, 1.54) is 19.3 Å². The molecule has 3 nitrogen and oxygen atoms in total. The summed E-state index contributed by atoms with van der Waals surface area (Å²) in [6.45, 7) is 14.6. The number of hydrogen-bond donors (Lipinski definition) is 0. The maximum Gasteiger partial charge on any atom is 0.200 e. The third-order valence-corrected chi connectivity index (χ3v) is 5.68. The molecule has 0 spiro atoms. The van der Waals surface area contributed by atoms with Crippen molar-refractivity contribution in [2.45, 2.75) is 37.7 Å². The maximum atomic E-state index is 14.7. The highest BCUT2D eigenvalue weighted by atomic mass is 19.2. The molecule has 0 N–H and O–H groups in total. The van der Waals surface area contributed by atoms with Crippen LogP contribution in [0.1, 0.15) is 37.2 Å². The van der Waals surface area contributed by atoms with Crippen LogP contribution in [0.2, 0.25) is 0 Å². The quantitative estimate of drug-likeness (QED) is 0.257. The lowest BCUT2D eigenvalue weighted by Crippen LogP contribution is -2.20. The summed E-state index contributed by atoms with van der Waals surface area (Å²) in [5.74, 6) is -2.60. The molecular weight excluding hydrogens is 429 g/mol. The predicted octanol–water partition coefficient (Wildman–Crippen LogP) is 7.25. The van der Waals surface area contributed by atoms with Gasteiger partial charge in [-0.15, -0.1) is 0 Å². The Bertz CT molecular complexity index is 967. The van der Waals surface area contributed by atoms with Gasteiger partial charge in [-0.2, -0.15) is 4.39 Å². The van der Waals surface area contributed by atoms with Crippen LogP contribution in [0.25, 0.3) is 0 Å². The van der Waals surface area contributed by atoms with E-state index in [1.54, 1.807) is 19.3 Å². The van der Waals surface area contributed by atoms with E-state index in [0.717, 1.165) is 31.8 Å². The lowest BCUT2D eigenvalue weighted by Gasteiger charge is -2.28. The summed E-state index contributed by atoms with van der Waals surface area (Å²) in [5.41, 5.74) is 1.19. The second-order valence-electron chi connectivity index (χ2n) is 7.94. The van der Waals surface area contributed by atoms with E-state index in [-0.39, 0.29) is 35.7 Å². The molecule has 178 valence electrons. The van der Waals surface area contributed by atoms with Crippen molar-refractivity contribution < 1.29 is 27.4 Å². The summed E-state index contributed by atoms with van der Waals surface area (Å²) >= 11 is 0. The zero-order valence-electron chi connectivity index (χ0n) is 19.3. The van der Waals surface area contributed by atoms with Crippen LogP contribution in [0.5, 0.6) is 5.75 Å². The molecule has 1 aliphatic carbocycles. The molecule has 0 atom stereocenters. The number of allylic oxidation sites excluding steroid dienone is 5. The first kappa shape index (κ1) is 26.3. The van der Waals surface area contributed by atoms with Gasteiger partial charge in [-0.1, -0.05) is 44.5 Å². The Kier molecular flexibility index (Phi) is 9.79. The maximum absolute atomic E-state index is 14.7. The summed E-state index contributed by atoms with van der Waals surface area (Å²) in [5, 5.41) is 0. The third-order valence-electron chi connectivity index (χ3n) is 5.68. The van der Waals surface area contributed by atoms with E-state index in [0.29, 0.717) is 16.7 Å². The van der Waals surface area contributed by atoms with Crippen LogP contribution >= 0.6 is 0 Å². The second kappa shape index (κ2) is 12.3. The highest BCUT2D eigenvalue weighted by Gasteiger charge is 2.26. The Labute approximate surface area is 194 Å². The molecule has 0 amide bonds. The molecule has 1 fully saturated rings. The summed E-state index contributed by atoms with van der Waals surface area (Å²) in [6, 6.07) is 3.02. The molecule has 1 aromatic rings. The van der Waals surface area contributed by atoms with E-state index < -0.39 is 17.5 Å². The van der Waals surface area contributed by atoms with E-state index in [4.69, 9.17) is 14.2 Å². The van der Waals surface area contributed by atoms with Crippen molar-refractivity contribution in [1.29, 1.82) is 0 Å². The van der Waals surface area contributed by atoms with Gasteiger partial charge in [0, 0.05) is 18.8 Å². The third kappa shape index (κ3) is 7.26. The Morgan fingerprint density at radius 3 is 2.27 bits per heavy atom. The molecular formula is C27H31F3O3. The molecule has 6 heteroatoms. The van der Waals surface area contributed by atoms with Gasteiger partial charge in [0.25, 0.3) is 0 Å². The summed E-state index contributed by atoms with van der Waals surface area (Å²) in [7, 11) is 3.05. The van der Waals surface area contributed by atoms with E-state index in [1.807, 2.05) is 0 Å². The molecule has 0 aliphatic heterocycles. The fourth-order valence-electron chi connectivity index (χ4n) is 3.56. The SMILES string of the molecule is C=C(/C=C\C(=C)C(=C)/C(F)=C\C(=C)OC)COc1ccc(C2CCC(OC)CC2)c(F)c1F. The molecule has 1 aliphatic rings. The first-order chi connectivity index (χ1) is 15.7. The lowest BCUT2D eigenvalue weighted by molar-refractivity contribution is 0.0654. The smallest absolute Gasteiger partial charge is 0.200 e. The minimum absolute atomic E-state index is 0.0348. The van der Waals surface area contributed by atoms with Gasteiger partial charge in [0.2, 0.25) is 5.82 Å². The predicted molar refractivity (Wildman–Crippen MR) is 126 cm³/mol. The van der Waals surface area contributed by atoms with Crippen molar-refractivity contribution in [2.24, 2.45) is 0 Å². The second-order valence-corrected chi connectivity index (χ2v) is 7.94. The molecule has 2 rings (SSSR count). The van der Waals surface area contributed by atoms with Gasteiger partial charge in [-0.25, -0.2) is 8.78 Å². The van der Waals surface area contributed by atoms with Crippen LogP contribution < -0.4 is 4.74 Å². The summed E-state index contributed by atoms with van der Waals surface area (Å²) < 4.78 is 58.9. The number of halogens is 3. The van der Waals surface area contributed by atoms with Crippen molar-refractivity contribution >= 4 is 0 Å². The standard InChI is InChI=1S/C27H31F3O3/c1-17(7-8-18(2)20(4)24(28)15-19(3)31-5)16-33-25-14-13-23(26(29)27(25)30)21-9-11-22(32-6)12-10-21/h7-8,13-15,21-22H,1-4,9-12,16H2,5-6H3/b8-7-,24-15+. The van der Waals surface area contributed by atoms with Crippen molar-refractivity contribution in [3.05, 3.63) is 102 Å². The van der Waals surface area contributed by atoms with Crippen LogP contribution in [-0.4, -0.2) is 26.9 Å². The zero-order chi connectivity index (χ0) is 24.5. The fraction of sp³-hybridized carbons (Fsp3) is 0.333. The Morgan fingerprint density at radius 1 is 1.00 bits per heavy atom. The van der Waals surface area contributed by atoms with Crippen molar-refractivity contribution in [1.82, 2.24) is 0 Å². The average molecular weight is 461 g/mol. The zero-order valence-corrected chi connectivity index (χ0v) is 19.3. The normalized spacial score (nSPS) is 18.8. The Balaban J connectivity index is 1.95. The highest BCUT2D eigenvalue weighted by Crippen LogP contribution is 2.37. The van der Waals surface area contributed by atoms with Gasteiger partial charge in [-0.05, 0) is 54.4 Å². The summed E-state index contributed by atoms with van der Waals surface area (Å²) in [4.78, 5) is 0. The lowest BCUT2D eigenvalue weighted by atomic mass is 9.82. The molecule has 0 radical (unpaired) electrons. The first-order valence-electron chi connectivity index (χ1n) is 10.7. The molecule has 0 bridgehead atoms. The van der Waals surface area contributed by atoms with Gasteiger partial charge in [0.15, 0.2) is 11.6 Å². The highest BCUT2D eigenvalue weighted by molar-refractivity contribution is 5.48. The molecule has 0 saturated heterocycles. The van der Waals surface area contributed by atoms with Crippen molar-refractivity contribution in [2.75, 3.05) is 20.8 Å². The van der Waals surface area contributed by atoms with Gasteiger partial charge in [-0.3, -0.25) is 0 Å². The van der Waals surface area contributed by atoms with Gasteiger partial charge < -0.3 is 14.2 Å². The number of ether oxygens (including phenoxy) is 3. The van der Waals surface area contributed by atoms with E-state index in [9.17, 15) is 13.2 Å². The monoisotopic (exact) mass is 460 g/mol. The van der Waals surface area contributed by atoms with Crippen LogP contribution in [0.15, 0.2) is 85.0 Å². The molecule has 0 heterocycles. The molecule has 0 unspecified atom stereocenters. The van der Waals surface area contributed by atoms with Gasteiger partial charge in [0.1, 0.15) is 18.2 Å². The van der Waals surface area contributed by atoms with E-state index in [2.05, 4.69) is 26.3 Å². The van der Waals surface area contributed by atoms with Gasteiger partial charge >= 0.3 is 0 Å². The first-order valence-corrected chi connectivity index (χ1v) is 10.7. The average Bonchev–Trinajstić information content (AvgIpc) is 2.82. The summed E-state index contributed by atoms with van der Waals surface area (Å²) in [6.07, 6.45) is 7.49. The molecule has 1 aromatic carbocycles. The number of hydrogen-bond acceptors (Lipinski definition) is 3. The van der Waals surface area contributed by atoms with Crippen LogP contribution in [0, 0.1) is 11.6 Å². The molecule has 1 saturated carbocycles.